The number of amides is 1. The number of carbonyl (C=O) groups is 1. The summed E-state index contributed by atoms with van der Waals surface area (Å²) in [5.41, 5.74) is 6.79. The Bertz CT molecular complexity index is 459. The van der Waals surface area contributed by atoms with Crippen LogP contribution in [0.3, 0.4) is 0 Å². The monoisotopic (exact) mass is 246 g/mol. The third kappa shape index (κ3) is 3.69. The van der Waals surface area contributed by atoms with E-state index in [1.165, 1.54) is 16.7 Å². The first-order chi connectivity index (χ1) is 8.21. The molecule has 0 aromatic heterocycles. The fourth-order valence-corrected chi connectivity index (χ4v) is 1.72. The molecule has 3 heteroatoms. The highest BCUT2D eigenvalue weighted by molar-refractivity contribution is 5.86. The molecule has 1 rings (SSSR count). The minimum absolute atomic E-state index is 0.0823. The molecule has 1 N–H and O–H groups in total. The summed E-state index contributed by atoms with van der Waals surface area (Å²) in [6.07, 6.45) is 1.72. The summed E-state index contributed by atoms with van der Waals surface area (Å²) in [4.78, 5) is 11.7. The molecule has 1 aromatic rings. The molecule has 0 atom stereocenters. The molecule has 18 heavy (non-hydrogen) atoms. The number of rotatable bonds is 2. The van der Waals surface area contributed by atoms with Crippen molar-refractivity contribution in [1.82, 2.24) is 5.43 Å². The Labute approximate surface area is 109 Å². The van der Waals surface area contributed by atoms with Gasteiger partial charge in [-0.3, -0.25) is 4.79 Å². The van der Waals surface area contributed by atoms with Gasteiger partial charge in [0.25, 0.3) is 0 Å². The zero-order chi connectivity index (χ0) is 13.9. The predicted octanol–water partition coefficient (Wildman–Crippen LogP) is 3.11. The highest BCUT2D eigenvalue weighted by Crippen LogP contribution is 2.15. The van der Waals surface area contributed by atoms with Crippen molar-refractivity contribution in [2.24, 2.45) is 10.5 Å². The topological polar surface area (TPSA) is 41.5 Å². The maximum Gasteiger partial charge on any atom is 0.245 e. The van der Waals surface area contributed by atoms with Gasteiger partial charge in [-0.15, -0.1) is 0 Å². The molecular weight excluding hydrogens is 224 g/mol. The Morgan fingerprint density at radius 3 is 2.11 bits per heavy atom. The second-order valence-electron chi connectivity index (χ2n) is 5.76. The minimum atomic E-state index is -0.422. The van der Waals surface area contributed by atoms with Crippen LogP contribution in [-0.2, 0) is 4.79 Å². The van der Waals surface area contributed by atoms with Crippen molar-refractivity contribution in [2.45, 2.75) is 41.5 Å². The maximum atomic E-state index is 11.7. The summed E-state index contributed by atoms with van der Waals surface area (Å²) in [6, 6.07) is 4.22. The first kappa shape index (κ1) is 14.4. The summed E-state index contributed by atoms with van der Waals surface area (Å²) in [7, 11) is 0. The number of hydrazone groups is 1. The SMILES string of the molecule is Cc1cc(C)c(/C=N/NC(=O)C(C)(C)C)c(C)c1. The average Bonchev–Trinajstić information content (AvgIpc) is 2.19. The summed E-state index contributed by atoms with van der Waals surface area (Å²) in [5, 5.41) is 4.03. The normalized spacial score (nSPS) is 11.9. The van der Waals surface area contributed by atoms with E-state index in [0.29, 0.717) is 0 Å². The molecule has 1 aromatic carbocycles. The summed E-state index contributed by atoms with van der Waals surface area (Å²) >= 11 is 0. The molecule has 0 aliphatic heterocycles. The molecule has 1 amide bonds. The average molecular weight is 246 g/mol. The van der Waals surface area contributed by atoms with Gasteiger partial charge < -0.3 is 0 Å². The highest BCUT2D eigenvalue weighted by atomic mass is 16.2. The van der Waals surface area contributed by atoms with Gasteiger partial charge in [-0.2, -0.15) is 5.10 Å². The molecule has 0 bridgehead atoms. The minimum Gasteiger partial charge on any atom is -0.273 e. The molecule has 98 valence electrons. The van der Waals surface area contributed by atoms with Crippen LogP contribution >= 0.6 is 0 Å². The number of nitrogens with zero attached hydrogens (tertiary/aromatic N) is 1. The lowest BCUT2D eigenvalue weighted by atomic mass is 9.96. The standard InChI is InChI=1S/C15H22N2O/c1-10-7-11(2)13(12(3)8-10)9-16-17-14(18)15(4,5)6/h7-9H,1-6H3,(H,17,18)/b16-9+. The molecule has 0 fully saturated rings. The van der Waals surface area contributed by atoms with Gasteiger partial charge in [-0.05, 0) is 31.9 Å². The molecule has 0 unspecified atom stereocenters. The van der Waals surface area contributed by atoms with Crippen LogP contribution in [0.4, 0.5) is 0 Å². The molecule has 0 radical (unpaired) electrons. The molecule has 0 saturated heterocycles. The second kappa shape index (κ2) is 5.34. The van der Waals surface area contributed by atoms with Gasteiger partial charge in [0.1, 0.15) is 0 Å². The fourth-order valence-electron chi connectivity index (χ4n) is 1.72. The van der Waals surface area contributed by atoms with Crippen LogP contribution in [0.1, 0.15) is 43.0 Å². The Morgan fingerprint density at radius 2 is 1.67 bits per heavy atom. The van der Waals surface area contributed by atoms with E-state index in [0.717, 1.165) is 5.56 Å². The summed E-state index contributed by atoms with van der Waals surface area (Å²) in [6.45, 7) is 11.8. The number of aryl methyl sites for hydroxylation is 3. The highest BCUT2D eigenvalue weighted by Gasteiger charge is 2.20. The Hall–Kier alpha value is -1.64. The van der Waals surface area contributed by atoms with Crippen LogP contribution < -0.4 is 5.43 Å². The van der Waals surface area contributed by atoms with E-state index in [-0.39, 0.29) is 5.91 Å². The van der Waals surface area contributed by atoms with E-state index in [4.69, 9.17) is 0 Å². The maximum absolute atomic E-state index is 11.7. The molecule has 0 aliphatic rings. The molecular formula is C15H22N2O. The van der Waals surface area contributed by atoms with Crippen LogP contribution in [0.15, 0.2) is 17.2 Å². The van der Waals surface area contributed by atoms with Gasteiger partial charge >= 0.3 is 0 Å². The molecule has 0 aliphatic carbocycles. The zero-order valence-corrected chi connectivity index (χ0v) is 12.1. The fraction of sp³-hybridized carbons (Fsp3) is 0.467. The molecule has 0 saturated carbocycles. The van der Waals surface area contributed by atoms with Crippen molar-refractivity contribution in [3.63, 3.8) is 0 Å². The molecule has 3 nitrogen and oxygen atoms in total. The van der Waals surface area contributed by atoms with Gasteiger partial charge in [-0.25, -0.2) is 5.43 Å². The van der Waals surface area contributed by atoms with E-state index in [1.54, 1.807) is 6.21 Å². The predicted molar refractivity (Wildman–Crippen MR) is 75.8 cm³/mol. The van der Waals surface area contributed by atoms with E-state index in [9.17, 15) is 4.79 Å². The quantitative estimate of drug-likeness (QED) is 0.632. The van der Waals surface area contributed by atoms with Gasteiger partial charge in [0.05, 0.1) is 6.21 Å². The first-order valence-corrected chi connectivity index (χ1v) is 6.13. The van der Waals surface area contributed by atoms with Crippen molar-refractivity contribution in [2.75, 3.05) is 0 Å². The van der Waals surface area contributed by atoms with Crippen molar-refractivity contribution in [3.05, 3.63) is 34.4 Å². The lowest BCUT2D eigenvalue weighted by molar-refractivity contribution is -0.128. The molecule has 0 spiro atoms. The third-order valence-electron chi connectivity index (χ3n) is 2.78. The van der Waals surface area contributed by atoms with E-state index < -0.39 is 5.41 Å². The van der Waals surface area contributed by atoms with Crippen LogP contribution in [-0.4, -0.2) is 12.1 Å². The van der Waals surface area contributed by atoms with Gasteiger partial charge in [-0.1, -0.05) is 38.5 Å². The number of hydrogen-bond donors (Lipinski definition) is 1. The number of nitrogens with one attached hydrogen (secondary N) is 1. The van der Waals surface area contributed by atoms with Crippen molar-refractivity contribution < 1.29 is 4.79 Å². The van der Waals surface area contributed by atoms with Crippen LogP contribution in [0.2, 0.25) is 0 Å². The van der Waals surface area contributed by atoms with Crippen molar-refractivity contribution in [3.8, 4) is 0 Å². The Kier molecular flexibility index (Phi) is 4.28. The van der Waals surface area contributed by atoms with Gasteiger partial charge in [0.2, 0.25) is 5.91 Å². The Morgan fingerprint density at radius 1 is 1.17 bits per heavy atom. The second-order valence-corrected chi connectivity index (χ2v) is 5.76. The van der Waals surface area contributed by atoms with Crippen LogP contribution in [0.5, 0.6) is 0 Å². The smallest absolute Gasteiger partial charge is 0.245 e. The molecule has 0 heterocycles. The Balaban J connectivity index is 2.83. The first-order valence-electron chi connectivity index (χ1n) is 6.13. The largest absolute Gasteiger partial charge is 0.273 e. The van der Waals surface area contributed by atoms with Gasteiger partial charge in [0.15, 0.2) is 0 Å². The van der Waals surface area contributed by atoms with E-state index >= 15 is 0 Å². The van der Waals surface area contributed by atoms with Crippen molar-refractivity contribution >= 4 is 12.1 Å². The zero-order valence-electron chi connectivity index (χ0n) is 12.1. The summed E-state index contributed by atoms with van der Waals surface area (Å²) < 4.78 is 0. The number of carbonyl (C=O) groups excluding carboxylic acids is 1. The van der Waals surface area contributed by atoms with Gasteiger partial charge in [0, 0.05) is 11.0 Å². The third-order valence-corrected chi connectivity index (χ3v) is 2.78. The lowest BCUT2D eigenvalue weighted by Gasteiger charge is -2.15. The van der Waals surface area contributed by atoms with Crippen LogP contribution in [0, 0.1) is 26.2 Å². The van der Waals surface area contributed by atoms with Crippen molar-refractivity contribution in [1.29, 1.82) is 0 Å². The lowest BCUT2D eigenvalue weighted by Crippen LogP contribution is -2.31. The number of benzene rings is 1. The van der Waals surface area contributed by atoms with Crippen LogP contribution in [0.25, 0.3) is 0 Å². The van der Waals surface area contributed by atoms with E-state index in [1.807, 2.05) is 34.6 Å². The van der Waals surface area contributed by atoms with E-state index in [2.05, 4.69) is 29.6 Å². The number of hydrogen-bond acceptors (Lipinski definition) is 2. The summed E-state index contributed by atoms with van der Waals surface area (Å²) in [5.74, 6) is -0.0823.